The van der Waals surface area contributed by atoms with E-state index in [0.29, 0.717) is 44.9 Å². The first-order valence-electron chi connectivity index (χ1n) is 11.8. The SMILES string of the molecule is CCc1nc(N2CCN(C(=O)CN3CCN(C)CC3)CC2)c(C#N)c2c1COC(C)(C)C2. The van der Waals surface area contributed by atoms with E-state index in [1.54, 1.807) is 0 Å². The summed E-state index contributed by atoms with van der Waals surface area (Å²) < 4.78 is 6.01. The number of anilines is 1. The number of piperazine rings is 2. The number of rotatable bonds is 4. The van der Waals surface area contributed by atoms with E-state index >= 15 is 0 Å². The summed E-state index contributed by atoms with van der Waals surface area (Å²) in [6.45, 7) is 14.0. The maximum Gasteiger partial charge on any atom is 0.236 e. The lowest BCUT2D eigenvalue weighted by atomic mass is 9.87. The van der Waals surface area contributed by atoms with Gasteiger partial charge in [-0.15, -0.1) is 0 Å². The van der Waals surface area contributed by atoms with Gasteiger partial charge in [-0.2, -0.15) is 5.26 Å². The van der Waals surface area contributed by atoms with Crippen LogP contribution >= 0.6 is 0 Å². The fourth-order valence-corrected chi connectivity index (χ4v) is 4.92. The minimum Gasteiger partial charge on any atom is -0.370 e. The molecule has 2 fully saturated rings. The number of fused-ring (bicyclic) bond motifs is 1. The van der Waals surface area contributed by atoms with Crippen LogP contribution in [-0.2, 0) is 29.0 Å². The first-order valence-corrected chi connectivity index (χ1v) is 11.8. The molecule has 0 saturated carbocycles. The molecule has 0 N–H and O–H groups in total. The Morgan fingerprint density at radius 3 is 2.41 bits per heavy atom. The average Bonchev–Trinajstić information content (AvgIpc) is 2.78. The molecule has 3 aliphatic rings. The highest BCUT2D eigenvalue weighted by Gasteiger charge is 2.33. The molecule has 174 valence electrons. The van der Waals surface area contributed by atoms with Crippen LogP contribution in [0, 0.1) is 11.3 Å². The number of amides is 1. The summed E-state index contributed by atoms with van der Waals surface area (Å²) in [4.78, 5) is 26.5. The van der Waals surface area contributed by atoms with E-state index in [2.05, 4.69) is 48.6 Å². The maximum absolute atomic E-state index is 12.8. The van der Waals surface area contributed by atoms with Crippen molar-refractivity contribution in [3.05, 3.63) is 22.4 Å². The van der Waals surface area contributed by atoms with Gasteiger partial charge in [0.25, 0.3) is 0 Å². The maximum atomic E-state index is 12.8. The zero-order chi connectivity index (χ0) is 22.9. The van der Waals surface area contributed by atoms with E-state index in [4.69, 9.17) is 9.72 Å². The van der Waals surface area contributed by atoms with Crippen LogP contribution in [0.3, 0.4) is 0 Å². The quantitative estimate of drug-likeness (QED) is 0.698. The van der Waals surface area contributed by atoms with Gasteiger partial charge < -0.3 is 19.4 Å². The summed E-state index contributed by atoms with van der Waals surface area (Å²) in [5.74, 6) is 0.994. The highest BCUT2D eigenvalue weighted by Crippen LogP contribution is 2.35. The molecule has 0 spiro atoms. The van der Waals surface area contributed by atoms with E-state index in [9.17, 15) is 10.1 Å². The molecule has 4 rings (SSSR count). The van der Waals surface area contributed by atoms with Gasteiger partial charge in [-0.05, 0) is 32.9 Å². The number of aromatic nitrogens is 1. The van der Waals surface area contributed by atoms with Gasteiger partial charge in [0.05, 0.1) is 24.3 Å². The Kier molecular flexibility index (Phi) is 6.70. The van der Waals surface area contributed by atoms with Crippen molar-refractivity contribution in [1.29, 1.82) is 5.26 Å². The molecule has 1 amide bonds. The van der Waals surface area contributed by atoms with Crippen molar-refractivity contribution < 1.29 is 9.53 Å². The van der Waals surface area contributed by atoms with Gasteiger partial charge >= 0.3 is 0 Å². The molecule has 0 atom stereocenters. The molecule has 0 aromatic carbocycles. The van der Waals surface area contributed by atoms with E-state index in [-0.39, 0.29) is 11.5 Å². The van der Waals surface area contributed by atoms with Gasteiger partial charge in [-0.25, -0.2) is 4.98 Å². The predicted molar refractivity (Wildman–Crippen MR) is 124 cm³/mol. The van der Waals surface area contributed by atoms with Gasteiger partial charge in [0.2, 0.25) is 5.91 Å². The zero-order valence-electron chi connectivity index (χ0n) is 20.0. The van der Waals surface area contributed by atoms with Crippen molar-refractivity contribution in [1.82, 2.24) is 19.7 Å². The van der Waals surface area contributed by atoms with Crippen molar-refractivity contribution in [2.24, 2.45) is 0 Å². The number of likely N-dealkylation sites (N-methyl/N-ethyl adjacent to an activating group) is 1. The van der Waals surface area contributed by atoms with Crippen LogP contribution in [0.2, 0.25) is 0 Å². The first-order chi connectivity index (χ1) is 15.3. The Bertz CT molecular complexity index is 893. The van der Waals surface area contributed by atoms with Crippen LogP contribution in [0.5, 0.6) is 0 Å². The standard InChI is InChI=1S/C24H36N6O2/c1-5-21-20-17-32-24(2,3)14-18(20)19(15-25)23(26-21)30-12-10-29(11-13-30)22(31)16-28-8-6-27(4)7-9-28/h5-14,16-17H2,1-4H3. The molecule has 2 saturated heterocycles. The third kappa shape index (κ3) is 4.75. The van der Waals surface area contributed by atoms with Crippen LogP contribution in [0.15, 0.2) is 0 Å². The zero-order valence-corrected chi connectivity index (χ0v) is 20.0. The molecular weight excluding hydrogens is 404 g/mol. The number of nitriles is 1. The predicted octanol–water partition coefficient (Wildman–Crippen LogP) is 1.26. The van der Waals surface area contributed by atoms with Crippen molar-refractivity contribution in [3.8, 4) is 6.07 Å². The average molecular weight is 441 g/mol. The summed E-state index contributed by atoms with van der Waals surface area (Å²) in [6.07, 6.45) is 1.53. The summed E-state index contributed by atoms with van der Waals surface area (Å²) in [6, 6.07) is 2.45. The van der Waals surface area contributed by atoms with Crippen LogP contribution < -0.4 is 4.90 Å². The van der Waals surface area contributed by atoms with Crippen LogP contribution in [0.4, 0.5) is 5.82 Å². The van der Waals surface area contributed by atoms with E-state index in [1.807, 2.05) is 4.90 Å². The second-order valence-corrected chi connectivity index (χ2v) is 9.85. The third-order valence-electron chi connectivity index (χ3n) is 7.02. The normalized spacial score (nSPS) is 21.8. The third-order valence-corrected chi connectivity index (χ3v) is 7.02. The van der Waals surface area contributed by atoms with Crippen molar-refractivity contribution in [2.45, 2.75) is 45.8 Å². The second-order valence-electron chi connectivity index (χ2n) is 9.85. The molecule has 1 aromatic rings. The molecule has 0 radical (unpaired) electrons. The van der Waals surface area contributed by atoms with E-state index in [1.165, 1.54) is 0 Å². The summed E-state index contributed by atoms with van der Waals surface area (Å²) in [5.41, 5.74) is 3.62. The largest absolute Gasteiger partial charge is 0.370 e. The molecule has 0 aliphatic carbocycles. The molecule has 8 nitrogen and oxygen atoms in total. The summed E-state index contributed by atoms with van der Waals surface area (Å²) in [5, 5.41) is 10.0. The Hall–Kier alpha value is -2.21. The summed E-state index contributed by atoms with van der Waals surface area (Å²) >= 11 is 0. The van der Waals surface area contributed by atoms with Crippen LogP contribution in [0.1, 0.15) is 43.2 Å². The number of hydrogen-bond donors (Lipinski definition) is 0. The molecule has 1 aromatic heterocycles. The lowest BCUT2D eigenvalue weighted by Gasteiger charge is -2.39. The van der Waals surface area contributed by atoms with Crippen molar-refractivity contribution >= 4 is 11.7 Å². The fourth-order valence-electron chi connectivity index (χ4n) is 4.92. The molecule has 8 heteroatoms. The molecule has 32 heavy (non-hydrogen) atoms. The van der Waals surface area contributed by atoms with Crippen molar-refractivity contribution in [2.75, 3.05) is 70.9 Å². The van der Waals surface area contributed by atoms with Gasteiger partial charge in [-0.3, -0.25) is 9.69 Å². The monoisotopic (exact) mass is 440 g/mol. The lowest BCUT2D eigenvalue weighted by molar-refractivity contribution is -0.133. The Morgan fingerprint density at radius 1 is 1.09 bits per heavy atom. The van der Waals surface area contributed by atoms with E-state index in [0.717, 1.165) is 61.7 Å². The van der Waals surface area contributed by atoms with Gasteiger partial charge in [-0.1, -0.05) is 6.92 Å². The number of pyridine rings is 1. The van der Waals surface area contributed by atoms with Gasteiger partial charge in [0.15, 0.2) is 0 Å². The minimum atomic E-state index is -0.281. The highest BCUT2D eigenvalue weighted by molar-refractivity contribution is 5.78. The number of aryl methyl sites for hydroxylation is 1. The lowest BCUT2D eigenvalue weighted by Crippen LogP contribution is -2.53. The smallest absolute Gasteiger partial charge is 0.236 e. The molecule has 0 unspecified atom stereocenters. The van der Waals surface area contributed by atoms with Gasteiger partial charge in [0, 0.05) is 70.0 Å². The number of ether oxygens (including phenoxy) is 1. The number of carbonyl (C=O) groups excluding carboxylic acids is 1. The second kappa shape index (κ2) is 9.34. The molecular formula is C24H36N6O2. The number of hydrogen-bond acceptors (Lipinski definition) is 7. The Balaban J connectivity index is 1.46. The molecule has 4 heterocycles. The van der Waals surface area contributed by atoms with Crippen LogP contribution in [0.25, 0.3) is 0 Å². The molecule has 3 aliphatic heterocycles. The summed E-state index contributed by atoms with van der Waals surface area (Å²) in [7, 11) is 2.13. The number of nitrogens with zero attached hydrogens (tertiary/aromatic N) is 6. The Morgan fingerprint density at radius 2 is 1.78 bits per heavy atom. The fraction of sp³-hybridized carbons (Fsp3) is 0.708. The first kappa shape index (κ1) is 23.0. The highest BCUT2D eigenvalue weighted by atomic mass is 16.5. The number of carbonyl (C=O) groups is 1. The minimum absolute atomic E-state index is 0.209. The molecule has 0 bridgehead atoms. The van der Waals surface area contributed by atoms with Crippen molar-refractivity contribution in [3.63, 3.8) is 0 Å². The Labute approximate surface area is 191 Å². The topological polar surface area (TPSA) is 75.9 Å². The van der Waals surface area contributed by atoms with Gasteiger partial charge in [0.1, 0.15) is 11.9 Å². The van der Waals surface area contributed by atoms with Crippen LogP contribution in [-0.4, -0.2) is 97.1 Å². The van der Waals surface area contributed by atoms with E-state index < -0.39 is 0 Å².